The maximum Gasteiger partial charge on any atom is 0.273 e. The summed E-state index contributed by atoms with van der Waals surface area (Å²) in [7, 11) is 0. The molecule has 1 saturated carbocycles. The van der Waals surface area contributed by atoms with E-state index in [1.54, 1.807) is 19.1 Å². The van der Waals surface area contributed by atoms with E-state index in [1.165, 1.54) is 28.3 Å². The molecule has 3 aromatic rings. The maximum absolute atomic E-state index is 13.7. The van der Waals surface area contributed by atoms with Crippen LogP contribution < -0.4 is 21.1 Å². The van der Waals surface area contributed by atoms with Crippen LogP contribution in [0.4, 0.5) is 15.2 Å². The summed E-state index contributed by atoms with van der Waals surface area (Å²) in [5.41, 5.74) is 0.764. The van der Waals surface area contributed by atoms with Gasteiger partial charge in [-0.15, -0.1) is 0 Å². The molecule has 1 aromatic carbocycles. The molecule has 5 rings (SSSR count). The second kappa shape index (κ2) is 9.13. The lowest BCUT2D eigenvalue weighted by atomic mass is 9.97. The van der Waals surface area contributed by atoms with Gasteiger partial charge in [0, 0.05) is 24.8 Å². The number of aryl methyl sites for hydroxylation is 1. The third-order valence-electron chi connectivity index (χ3n) is 6.13. The van der Waals surface area contributed by atoms with E-state index < -0.39 is 11.7 Å². The van der Waals surface area contributed by atoms with Crippen molar-refractivity contribution in [2.45, 2.75) is 45.2 Å². The molecule has 0 unspecified atom stereocenters. The van der Waals surface area contributed by atoms with E-state index in [4.69, 9.17) is 0 Å². The van der Waals surface area contributed by atoms with E-state index >= 15 is 0 Å². The van der Waals surface area contributed by atoms with Gasteiger partial charge in [0.1, 0.15) is 23.4 Å². The standard InChI is InChI=1S/C23H25FN6O3S/c1-13-4-5-16(9-17(13)24)26-18(31)11-30-12-25-20-19(22(30)33)34-23(28-20)29-8-2-3-14(10-29)21(32)27-15-6-7-15/h4-5,9,12,14-15H,2-3,6-8,10-11H2,1H3,(H,26,31)(H,27,32)/t14-/m1/s1. The number of benzene rings is 1. The number of nitrogens with zero attached hydrogens (tertiary/aromatic N) is 4. The number of nitrogens with one attached hydrogen (secondary N) is 2. The Hall–Kier alpha value is -3.34. The number of anilines is 2. The molecular weight excluding hydrogens is 459 g/mol. The van der Waals surface area contributed by atoms with Gasteiger partial charge in [-0.1, -0.05) is 17.4 Å². The molecule has 2 aliphatic rings. The van der Waals surface area contributed by atoms with Crippen molar-refractivity contribution in [2.75, 3.05) is 23.3 Å². The van der Waals surface area contributed by atoms with Crippen LogP contribution in [0.25, 0.3) is 10.3 Å². The third kappa shape index (κ3) is 4.79. The topological polar surface area (TPSA) is 109 Å². The number of piperidine rings is 1. The monoisotopic (exact) mass is 484 g/mol. The van der Waals surface area contributed by atoms with Crippen LogP contribution in [0.2, 0.25) is 0 Å². The third-order valence-corrected chi connectivity index (χ3v) is 7.22. The van der Waals surface area contributed by atoms with Gasteiger partial charge in [0.2, 0.25) is 11.8 Å². The molecule has 0 radical (unpaired) electrons. The fourth-order valence-corrected chi connectivity index (χ4v) is 5.02. The van der Waals surface area contributed by atoms with Crippen molar-refractivity contribution in [1.82, 2.24) is 19.9 Å². The molecule has 3 heterocycles. The average Bonchev–Trinajstić information content (AvgIpc) is 3.52. The second-order valence-corrected chi connectivity index (χ2v) is 9.88. The normalized spacial score (nSPS) is 18.2. The molecule has 1 aliphatic carbocycles. The molecule has 178 valence electrons. The van der Waals surface area contributed by atoms with Crippen LogP contribution in [-0.2, 0) is 16.1 Å². The van der Waals surface area contributed by atoms with Gasteiger partial charge in [-0.3, -0.25) is 19.0 Å². The highest BCUT2D eigenvalue weighted by Crippen LogP contribution is 2.30. The number of rotatable bonds is 6. The summed E-state index contributed by atoms with van der Waals surface area (Å²) in [4.78, 5) is 48.7. The van der Waals surface area contributed by atoms with Gasteiger partial charge in [0.15, 0.2) is 10.8 Å². The van der Waals surface area contributed by atoms with E-state index in [9.17, 15) is 18.8 Å². The average molecular weight is 485 g/mol. The minimum absolute atomic E-state index is 0.0910. The van der Waals surface area contributed by atoms with Gasteiger partial charge in [-0.25, -0.2) is 9.37 Å². The summed E-state index contributed by atoms with van der Waals surface area (Å²) in [5, 5.41) is 6.33. The van der Waals surface area contributed by atoms with Crippen LogP contribution in [0.1, 0.15) is 31.2 Å². The van der Waals surface area contributed by atoms with Crippen molar-refractivity contribution in [1.29, 1.82) is 0 Å². The van der Waals surface area contributed by atoms with Crippen molar-refractivity contribution in [3.63, 3.8) is 0 Å². The first-order chi connectivity index (χ1) is 16.4. The molecule has 2 N–H and O–H groups in total. The Kier molecular flexibility index (Phi) is 6.03. The number of aromatic nitrogens is 3. The van der Waals surface area contributed by atoms with Gasteiger partial charge < -0.3 is 15.5 Å². The fourth-order valence-electron chi connectivity index (χ4n) is 4.02. The Labute approximate surface area is 199 Å². The second-order valence-electron chi connectivity index (χ2n) is 8.91. The zero-order chi connectivity index (χ0) is 23.8. The molecule has 9 nitrogen and oxygen atoms in total. The van der Waals surface area contributed by atoms with Crippen molar-refractivity contribution in [3.05, 3.63) is 46.3 Å². The van der Waals surface area contributed by atoms with Gasteiger partial charge in [-0.2, -0.15) is 4.98 Å². The Balaban J connectivity index is 1.29. The Morgan fingerprint density at radius 2 is 2.09 bits per heavy atom. The number of carbonyl (C=O) groups is 2. The van der Waals surface area contributed by atoms with Crippen molar-refractivity contribution in [3.8, 4) is 0 Å². The van der Waals surface area contributed by atoms with Crippen LogP contribution >= 0.6 is 11.3 Å². The first-order valence-corrected chi connectivity index (χ1v) is 12.2. The van der Waals surface area contributed by atoms with Gasteiger partial charge >= 0.3 is 0 Å². The summed E-state index contributed by atoms with van der Waals surface area (Å²) in [5.74, 6) is -0.883. The lowest BCUT2D eigenvalue weighted by molar-refractivity contribution is -0.125. The minimum atomic E-state index is -0.461. The number of hydrogen-bond donors (Lipinski definition) is 2. The summed E-state index contributed by atoms with van der Waals surface area (Å²) >= 11 is 1.23. The van der Waals surface area contributed by atoms with Crippen LogP contribution in [0.5, 0.6) is 0 Å². The van der Waals surface area contributed by atoms with Crippen LogP contribution in [0, 0.1) is 18.7 Å². The Morgan fingerprint density at radius 3 is 2.85 bits per heavy atom. The molecule has 2 aromatic heterocycles. The van der Waals surface area contributed by atoms with Crippen molar-refractivity contribution >= 4 is 44.3 Å². The highest BCUT2D eigenvalue weighted by atomic mass is 32.1. The van der Waals surface area contributed by atoms with E-state index in [-0.39, 0.29) is 23.9 Å². The van der Waals surface area contributed by atoms with Crippen LogP contribution in [-0.4, -0.2) is 45.5 Å². The predicted molar refractivity (Wildman–Crippen MR) is 128 cm³/mol. The molecular formula is C23H25FN6O3S. The molecule has 1 aliphatic heterocycles. The SMILES string of the molecule is Cc1ccc(NC(=O)Cn2cnc3nc(N4CCC[C@@H](C(=O)NC5CC5)C4)sc3c2=O)cc1F. The van der Waals surface area contributed by atoms with E-state index in [0.717, 1.165) is 32.2 Å². The van der Waals surface area contributed by atoms with Gasteiger partial charge in [0.05, 0.1) is 5.92 Å². The molecule has 0 bridgehead atoms. The molecule has 34 heavy (non-hydrogen) atoms. The number of carbonyl (C=O) groups excluding carboxylic acids is 2. The van der Waals surface area contributed by atoms with Crippen LogP contribution in [0.15, 0.2) is 29.3 Å². The van der Waals surface area contributed by atoms with E-state index in [2.05, 4.69) is 20.6 Å². The molecule has 11 heteroatoms. The zero-order valence-corrected chi connectivity index (χ0v) is 19.5. The Bertz CT molecular complexity index is 1320. The quantitative estimate of drug-likeness (QED) is 0.556. The maximum atomic E-state index is 13.7. The van der Waals surface area contributed by atoms with Gasteiger partial charge in [0.25, 0.3) is 5.56 Å². The molecule has 1 atom stereocenters. The molecule has 2 amide bonds. The van der Waals surface area contributed by atoms with E-state index in [0.29, 0.717) is 39.3 Å². The summed E-state index contributed by atoms with van der Waals surface area (Å²) in [6, 6.07) is 4.75. The first-order valence-electron chi connectivity index (χ1n) is 11.3. The smallest absolute Gasteiger partial charge is 0.273 e. The lowest BCUT2D eigenvalue weighted by Crippen LogP contribution is -2.43. The number of amides is 2. The van der Waals surface area contributed by atoms with Crippen molar-refractivity contribution < 1.29 is 14.0 Å². The minimum Gasteiger partial charge on any atom is -0.353 e. The van der Waals surface area contributed by atoms with E-state index in [1.807, 2.05) is 4.90 Å². The largest absolute Gasteiger partial charge is 0.353 e. The summed E-state index contributed by atoms with van der Waals surface area (Å²) in [6.45, 7) is 2.70. The van der Waals surface area contributed by atoms with Gasteiger partial charge in [-0.05, 0) is 50.3 Å². The first kappa shape index (κ1) is 22.5. The molecule has 0 spiro atoms. The predicted octanol–water partition coefficient (Wildman–Crippen LogP) is 2.43. The zero-order valence-electron chi connectivity index (χ0n) is 18.7. The molecule has 1 saturated heterocycles. The fraction of sp³-hybridized carbons (Fsp3) is 0.435. The number of fused-ring (bicyclic) bond motifs is 1. The van der Waals surface area contributed by atoms with Crippen LogP contribution in [0.3, 0.4) is 0 Å². The Morgan fingerprint density at radius 1 is 1.26 bits per heavy atom. The lowest BCUT2D eigenvalue weighted by Gasteiger charge is -2.31. The highest BCUT2D eigenvalue weighted by molar-refractivity contribution is 7.22. The highest BCUT2D eigenvalue weighted by Gasteiger charge is 2.31. The number of halogens is 1. The van der Waals surface area contributed by atoms with Crippen molar-refractivity contribution in [2.24, 2.45) is 5.92 Å². The number of thiazole rings is 1. The summed E-state index contributed by atoms with van der Waals surface area (Å²) < 4.78 is 15.3. The number of hydrogen-bond acceptors (Lipinski definition) is 7. The summed E-state index contributed by atoms with van der Waals surface area (Å²) in [6.07, 6.45) is 5.11. The molecule has 2 fully saturated rings.